The fraction of sp³-hybridized carbons (Fsp3) is 0.579. The third-order valence-electron chi connectivity index (χ3n) is 5.13. The van der Waals surface area contributed by atoms with E-state index in [0.29, 0.717) is 12.8 Å². The number of benzene rings is 1. The molecule has 4 heteroatoms. The summed E-state index contributed by atoms with van der Waals surface area (Å²) in [4.78, 5) is 27.6. The summed E-state index contributed by atoms with van der Waals surface area (Å²) < 4.78 is 0. The second-order valence-electron chi connectivity index (χ2n) is 6.75. The third-order valence-corrected chi connectivity index (χ3v) is 5.13. The minimum atomic E-state index is -0.800. The lowest BCUT2D eigenvalue weighted by Gasteiger charge is -2.25. The largest absolute Gasteiger partial charge is 0.342 e. The third kappa shape index (κ3) is 3.26. The average Bonchev–Trinajstić information content (AvgIpc) is 3.39. The van der Waals surface area contributed by atoms with Gasteiger partial charge in [0.2, 0.25) is 11.8 Å². The highest BCUT2D eigenvalue weighted by Crippen LogP contribution is 2.48. The number of nitrogens with zero attached hydrogens (tertiary/aromatic N) is 1. The van der Waals surface area contributed by atoms with Crippen LogP contribution in [0.5, 0.6) is 0 Å². The first-order valence-electron chi connectivity index (χ1n) is 8.86. The Morgan fingerprint density at radius 3 is 2.35 bits per heavy atom. The van der Waals surface area contributed by atoms with Crippen LogP contribution in [0.25, 0.3) is 0 Å². The van der Waals surface area contributed by atoms with Crippen LogP contribution in [0.2, 0.25) is 0 Å². The molecule has 1 aliphatic heterocycles. The molecule has 1 N–H and O–H groups in total. The molecule has 2 fully saturated rings. The minimum absolute atomic E-state index is 0.0471. The zero-order valence-corrected chi connectivity index (χ0v) is 13.9. The molecule has 1 aliphatic carbocycles. The highest BCUT2D eigenvalue weighted by molar-refractivity contribution is 6.13. The van der Waals surface area contributed by atoms with Gasteiger partial charge in [0.15, 0.2) is 0 Å². The molecule has 0 atom stereocenters. The summed E-state index contributed by atoms with van der Waals surface area (Å²) in [6.45, 7) is 3.68. The first-order valence-corrected chi connectivity index (χ1v) is 8.86. The van der Waals surface area contributed by atoms with Gasteiger partial charge in [0.1, 0.15) is 5.41 Å². The molecule has 124 valence electrons. The Morgan fingerprint density at radius 2 is 1.74 bits per heavy atom. The molecule has 0 aromatic heterocycles. The number of nitrogens with one attached hydrogen (secondary N) is 1. The second-order valence-corrected chi connectivity index (χ2v) is 6.75. The molecule has 2 amide bonds. The van der Waals surface area contributed by atoms with Crippen LogP contribution >= 0.6 is 0 Å². The zero-order chi connectivity index (χ0) is 16.3. The first-order chi connectivity index (χ1) is 11.2. The Bertz CT molecular complexity index is 585. The van der Waals surface area contributed by atoms with Crippen LogP contribution in [-0.4, -0.2) is 29.8 Å². The predicted molar refractivity (Wildman–Crippen MR) is 91.2 cm³/mol. The van der Waals surface area contributed by atoms with E-state index in [1.165, 1.54) is 12.8 Å². The number of likely N-dealkylation sites (tertiary alicyclic amines) is 1. The quantitative estimate of drug-likeness (QED) is 0.866. The number of anilines is 1. The van der Waals surface area contributed by atoms with Crippen LogP contribution in [-0.2, 0) is 16.0 Å². The van der Waals surface area contributed by atoms with Gasteiger partial charge in [-0.25, -0.2) is 0 Å². The molecule has 4 nitrogen and oxygen atoms in total. The molecule has 3 rings (SSSR count). The van der Waals surface area contributed by atoms with Crippen molar-refractivity contribution < 1.29 is 9.59 Å². The van der Waals surface area contributed by atoms with E-state index in [1.807, 2.05) is 29.2 Å². The van der Waals surface area contributed by atoms with Crippen molar-refractivity contribution in [3.8, 4) is 0 Å². The van der Waals surface area contributed by atoms with Gasteiger partial charge in [0, 0.05) is 18.8 Å². The Balaban J connectivity index is 1.72. The average molecular weight is 314 g/mol. The molecular weight excluding hydrogens is 288 g/mol. The molecule has 23 heavy (non-hydrogen) atoms. The standard InChI is InChI=1S/C19H26N2O2/c1-2-15-9-5-6-10-16(15)20-17(22)19(11-12-19)18(23)21-13-7-3-4-8-14-21/h5-6,9-10H,2-4,7-8,11-14H2,1H3,(H,20,22). The maximum absolute atomic E-state index is 12.9. The topological polar surface area (TPSA) is 49.4 Å². The number of carbonyl (C=O) groups is 2. The van der Waals surface area contributed by atoms with Crippen LogP contribution in [0, 0.1) is 5.41 Å². The molecule has 0 bridgehead atoms. The number of aryl methyl sites for hydroxylation is 1. The van der Waals surface area contributed by atoms with Crippen LogP contribution in [0.15, 0.2) is 24.3 Å². The van der Waals surface area contributed by atoms with Crippen molar-refractivity contribution in [3.05, 3.63) is 29.8 Å². The van der Waals surface area contributed by atoms with E-state index >= 15 is 0 Å². The summed E-state index contributed by atoms with van der Waals surface area (Å²) in [6.07, 6.45) is 6.72. The van der Waals surface area contributed by atoms with E-state index in [1.54, 1.807) is 0 Å². The van der Waals surface area contributed by atoms with E-state index in [4.69, 9.17) is 0 Å². The van der Waals surface area contributed by atoms with Crippen molar-refractivity contribution in [3.63, 3.8) is 0 Å². The molecule has 0 unspecified atom stereocenters. The lowest BCUT2D eigenvalue weighted by atomic mass is 10.0. The normalized spacial score (nSPS) is 19.8. The molecule has 1 saturated heterocycles. The summed E-state index contributed by atoms with van der Waals surface area (Å²) in [5.74, 6) is -0.0708. The summed E-state index contributed by atoms with van der Waals surface area (Å²) in [5, 5.41) is 3.01. The summed E-state index contributed by atoms with van der Waals surface area (Å²) in [6, 6.07) is 7.84. The van der Waals surface area contributed by atoms with Crippen LogP contribution in [0.4, 0.5) is 5.69 Å². The van der Waals surface area contributed by atoms with Crippen molar-refractivity contribution >= 4 is 17.5 Å². The number of carbonyl (C=O) groups excluding carboxylic acids is 2. The smallest absolute Gasteiger partial charge is 0.240 e. The SMILES string of the molecule is CCc1ccccc1NC(=O)C1(C(=O)N2CCCCCC2)CC1. The molecule has 0 spiro atoms. The van der Waals surface area contributed by atoms with Gasteiger partial charge in [0.05, 0.1) is 0 Å². The van der Waals surface area contributed by atoms with E-state index in [2.05, 4.69) is 12.2 Å². The maximum atomic E-state index is 12.9. The molecule has 1 heterocycles. The highest BCUT2D eigenvalue weighted by Gasteiger charge is 2.58. The number of amides is 2. The Kier molecular flexibility index (Phi) is 4.69. The lowest BCUT2D eigenvalue weighted by Crippen LogP contribution is -2.43. The zero-order valence-electron chi connectivity index (χ0n) is 13.9. The molecule has 1 saturated carbocycles. The number of rotatable bonds is 4. The molecule has 1 aromatic rings. The van der Waals surface area contributed by atoms with Gasteiger partial charge < -0.3 is 10.2 Å². The van der Waals surface area contributed by atoms with Gasteiger partial charge in [-0.3, -0.25) is 9.59 Å². The predicted octanol–water partition coefficient (Wildman–Crippen LogP) is 3.37. The minimum Gasteiger partial charge on any atom is -0.342 e. The van der Waals surface area contributed by atoms with Gasteiger partial charge in [-0.2, -0.15) is 0 Å². The van der Waals surface area contributed by atoms with Crippen LogP contribution < -0.4 is 5.32 Å². The molecule has 2 aliphatic rings. The van der Waals surface area contributed by atoms with E-state index < -0.39 is 5.41 Å². The highest BCUT2D eigenvalue weighted by atomic mass is 16.2. The number of para-hydroxylation sites is 1. The molecular formula is C19H26N2O2. The Labute approximate surface area is 138 Å². The van der Waals surface area contributed by atoms with Crippen molar-refractivity contribution in [2.45, 2.75) is 51.9 Å². The summed E-state index contributed by atoms with van der Waals surface area (Å²) in [5.41, 5.74) is 1.15. The fourth-order valence-corrected chi connectivity index (χ4v) is 3.43. The first kappa shape index (κ1) is 16.0. The maximum Gasteiger partial charge on any atom is 0.240 e. The molecule has 0 radical (unpaired) electrons. The van der Waals surface area contributed by atoms with Crippen molar-refractivity contribution in [2.75, 3.05) is 18.4 Å². The van der Waals surface area contributed by atoms with Gasteiger partial charge in [-0.1, -0.05) is 38.0 Å². The van der Waals surface area contributed by atoms with Crippen molar-refractivity contribution in [2.24, 2.45) is 5.41 Å². The fourth-order valence-electron chi connectivity index (χ4n) is 3.43. The second kappa shape index (κ2) is 6.73. The lowest BCUT2D eigenvalue weighted by molar-refractivity contribution is -0.142. The Hall–Kier alpha value is -1.84. The van der Waals surface area contributed by atoms with Crippen molar-refractivity contribution in [1.82, 2.24) is 4.90 Å². The van der Waals surface area contributed by atoms with Gasteiger partial charge in [-0.15, -0.1) is 0 Å². The van der Waals surface area contributed by atoms with E-state index in [-0.39, 0.29) is 11.8 Å². The van der Waals surface area contributed by atoms with Crippen LogP contribution in [0.1, 0.15) is 51.0 Å². The van der Waals surface area contributed by atoms with Crippen molar-refractivity contribution in [1.29, 1.82) is 0 Å². The number of hydrogen-bond acceptors (Lipinski definition) is 2. The van der Waals surface area contributed by atoms with Gasteiger partial charge in [0.25, 0.3) is 0 Å². The summed E-state index contributed by atoms with van der Waals surface area (Å²) in [7, 11) is 0. The van der Waals surface area contributed by atoms with Crippen LogP contribution in [0.3, 0.4) is 0 Å². The van der Waals surface area contributed by atoms with E-state index in [9.17, 15) is 9.59 Å². The summed E-state index contributed by atoms with van der Waals surface area (Å²) >= 11 is 0. The molecule has 1 aromatic carbocycles. The van der Waals surface area contributed by atoms with Gasteiger partial charge in [-0.05, 0) is 43.7 Å². The number of hydrogen-bond donors (Lipinski definition) is 1. The Morgan fingerprint density at radius 1 is 1.09 bits per heavy atom. The van der Waals surface area contributed by atoms with Gasteiger partial charge >= 0.3 is 0 Å². The van der Waals surface area contributed by atoms with E-state index in [0.717, 1.165) is 43.6 Å². The monoisotopic (exact) mass is 314 g/mol.